The Bertz CT molecular complexity index is 1120. The lowest BCUT2D eigenvalue weighted by Crippen LogP contribution is -2.00. The Hall–Kier alpha value is -3.80. The van der Waals surface area contributed by atoms with Crippen LogP contribution >= 0.6 is 0 Å². The molecule has 4 aromatic rings. The highest BCUT2D eigenvalue weighted by Crippen LogP contribution is 2.40. The lowest BCUT2D eigenvalue weighted by molar-refractivity contribution is 0.324. The second-order valence-corrected chi connectivity index (χ2v) is 6.34. The maximum atomic E-state index is 5.42. The number of rotatable bonds is 6. The van der Waals surface area contributed by atoms with Gasteiger partial charge in [0.1, 0.15) is 0 Å². The quantitative estimate of drug-likeness (QED) is 0.498. The lowest BCUT2D eigenvalue weighted by atomic mass is 10.0. The Morgan fingerprint density at radius 3 is 2.17 bits per heavy atom. The summed E-state index contributed by atoms with van der Waals surface area (Å²) < 4.78 is 16.2. The van der Waals surface area contributed by atoms with Crippen LogP contribution < -0.4 is 19.5 Å². The fourth-order valence-corrected chi connectivity index (χ4v) is 3.25. The molecule has 0 fully saturated rings. The van der Waals surface area contributed by atoms with E-state index in [0.717, 1.165) is 27.7 Å². The Balaban J connectivity index is 1.76. The number of ether oxygens (including phenoxy) is 3. The first-order valence-corrected chi connectivity index (χ1v) is 9.11. The van der Waals surface area contributed by atoms with Crippen LogP contribution in [0.5, 0.6) is 17.2 Å². The minimum absolute atomic E-state index is 0.482. The fraction of sp³-hybridized carbons (Fsp3) is 0.130. The van der Waals surface area contributed by atoms with Crippen LogP contribution in [0.15, 0.2) is 66.9 Å². The first kappa shape index (κ1) is 18.6. The third-order valence-electron chi connectivity index (χ3n) is 4.62. The van der Waals surface area contributed by atoms with Gasteiger partial charge in [0.15, 0.2) is 11.5 Å². The van der Waals surface area contributed by atoms with Gasteiger partial charge in [0.25, 0.3) is 0 Å². The fourth-order valence-electron chi connectivity index (χ4n) is 3.25. The molecule has 0 unspecified atom stereocenters. The van der Waals surface area contributed by atoms with Crippen LogP contribution in [0, 0.1) is 0 Å². The average Bonchev–Trinajstić information content (AvgIpc) is 2.78. The monoisotopic (exact) mass is 387 g/mol. The van der Waals surface area contributed by atoms with Gasteiger partial charge in [0.2, 0.25) is 11.7 Å². The summed E-state index contributed by atoms with van der Waals surface area (Å²) in [7, 11) is 4.74. The van der Waals surface area contributed by atoms with Crippen LogP contribution in [-0.2, 0) is 0 Å². The van der Waals surface area contributed by atoms with Gasteiger partial charge in [-0.1, -0.05) is 48.5 Å². The molecule has 6 nitrogen and oxygen atoms in total. The largest absolute Gasteiger partial charge is 0.493 e. The molecule has 0 saturated heterocycles. The predicted octanol–water partition coefficient (Wildman–Crippen LogP) is 5.07. The number of methoxy groups -OCH3 is 3. The van der Waals surface area contributed by atoms with Crippen molar-refractivity contribution in [1.82, 2.24) is 9.97 Å². The van der Waals surface area contributed by atoms with Crippen molar-refractivity contribution in [1.29, 1.82) is 0 Å². The van der Waals surface area contributed by atoms with Crippen LogP contribution in [0.25, 0.3) is 22.0 Å². The van der Waals surface area contributed by atoms with Crippen molar-refractivity contribution in [2.24, 2.45) is 0 Å². The Morgan fingerprint density at radius 1 is 0.793 bits per heavy atom. The molecule has 0 aliphatic heterocycles. The predicted molar refractivity (Wildman–Crippen MR) is 114 cm³/mol. The highest BCUT2D eigenvalue weighted by molar-refractivity contribution is 5.93. The Kier molecular flexibility index (Phi) is 5.16. The minimum Gasteiger partial charge on any atom is -0.493 e. The summed E-state index contributed by atoms with van der Waals surface area (Å²) in [5.74, 6) is 2.13. The summed E-state index contributed by atoms with van der Waals surface area (Å²) >= 11 is 0. The first-order valence-electron chi connectivity index (χ1n) is 9.11. The molecular formula is C23H21N3O3. The van der Waals surface area contributed by atoms with Crippen molar-refractivity contribution in [3.8, 4) is 28.4 Å². The molecule has 0 aliphatic rings. The summed E-state index contributed by atoms with van der Waals surface area (Å²) in [6.45, 7) is 0. The molecule has 1 aromatic heterocycles. The second kappa shape index (κ2) is 8.06. The molecule has 0 radical (unpaired) electrons. The van der Waals surface area contributed by atoms with E-state index < -0.39 is 0 Å². The molecule has 146 valence electrons. The van der Waals surface area contributed by atoms with Crippen LogP contribution in [0.4, 0.5) is 11.6 Å². The minimum atomic E-state index is 0.482. The normalized spacial score (nSPS) is 10.6. The molecule has 29 heavy (non-hydrogen) atoms. The number of hydrogen-bond acceptors (Lipinski definition) is 6. The van der Waals surface area contributed by atoms with Gasteiger partial charge in [-0.05, 0) is 5.56 Å². The zero-order valence-electron chi connectivity index (χ0n) is 16.5. The molecule has 1 heterocycles. The molecule has 0 bridgehead atoms. The number of fused-ring (bicyclic) bond motifs is 1. The van der Waals surface area contributed by atoms with Crippen LogP contribution in [0.2, 0.25) is 0 Å². The highest BCUT2D eigenvalue weighted by atomic mass is 16.5. The highest BCUT2D eigenvalue weighted by Gasteiger charge is 2.14. The summed E-state index contributed by atoms with van der Waals surface area (Å²) in [4.78, 5) is 9.22. The lowest BCUT2D eigenvalue weighted by Gasteiger charge is -2.15. The van der Waals surface area contributed by atoms with Gasteiger partial charge in [-0.15, -0.1) is 0 Å². The molecular weight excluding hydrogens is 366 g/mol. The molecule has 0 spiro atoms. The van der Waals surface area contributed by atoms with E-state index >= 15 is 0 Å². The summed E-state index contributed by atoms with van der Waals surface area (Å²) in [6, 6.07) is 19.9. The summed E-state index contributed by atoms with van der Waals surface area (Å²) in [5, 5.41) is 4.21. The number of anilines is 2. The van der Waals surface area contributed by atoms with E-state index in [1.165, 1.54) is 0 Å². The molecule has 0 atom stereocenters. The van der Waals surface area contributed by atoms with E-state index in [2.05, 4.69) is 28.5 Å². The zero-order valence-corrected chi connectivity index (χ0v) is 16.5. The second-order valence-electron chi connectivity index (χ2n) is 6.34. The number of nitrogens with one attached hydrogen (secondary N) is 1. The van der Waals surface area contributed by atoms with Gasteiger partial charge < -0.3 is 19.5 Å². The molecule has 6 heteroatoms. The van der Waals surface area contributed by atoms with Gasteiger partial charge in [0.05, 0.1) is 26.8 Å². The SMILES string of the molecule is COc1cc(Nc2ncc3cccc(-c4ccccc4)c3n2)cc(OC)c1OC. The van der Waals surface area contributed by atoms with E-state index in [-0.39, 0.29) is 0 Å². The van der Waals surface area contributed by atoms with E-state index in [4.69, 9.17) is 19.2 Å². The van der Waals surface area contributed by atoms with E-state index in [1.807, 2.05) is 48.7 Å². The van der Waals surface area contributed by atoms with Gasteiger partial charge in [-0.2, -0.15) is 0 Å². The zero-order chi connectivity index (χ0) is 20.2. The van der Waals surface area contributed by atoms with Crippen molar-refractivity contribution in [3.05, 3.63) is 66.9 Å². The van der Waals surface area contributed by atoms with E-state index in [1.54, 1.807) is 21.3 Å². The molecule has 1 N–H and O–H groups in total. The van der Waals surface area contributed by atoms with Crippen molar-refractivity contribution < 1.29 is 14.2 Å². The van der Waals surface area contributed by atoms with Crippen molar-refractivity contribution in [3.63, 3.8) is 0 Å². The third kappa shape index (κ3) is 3.65. The summed E-state index contributed by atoms with van der Waals surface area (Å²) in [5.41, 5.74) is 3.77. The molecule has 0 saturated carbocycles. The standard InChI is InChI=1S/C23H21N3O3/c1-27-19-12-17(13-20(28-2)22(19)29-3)25-23-24-14-16-10-7-11-18(21(16)26-23)15-8-5-4-6-9-15/h4-14H,1-3H3,(H,24,25,26). The van der Waals surface area contributed by atoms with Crippen molar-refractivity contribution in [2.75, 3.05) is 26.6 Å². The number of hydrogen-bond donors (Lipinski definition) is 1. The summed E-state index contributed by atoms with van der Waals surface area (Å²) in [6.07, 6.45) is 1.81. The van der Waals surface area contributed by atoms with Crippen LogP contribution in [0.3, 0.4) is 0 Å². The molecule has 0 aliphatic carbocycles. The van der Waals surface area contributed by atoms with E-state index in [0.29, 0.717) is 23.2 Å². The van der Waals surface area contributed by atoms with Gasteiger partial charge in [-0.3, -0.25) is 0 Å². The number of aromatic nitrogens is 2. The Morgan fingerprint density at radius 2 is 1.52 bits per heavy atom. The van der Waals surface area contributed by atoms with Gasteiger partial charge in [0, 0.05) is 35.0 Å². The third-order valence-corrected chi connectivity index (χ3v) is 4.62. The average molecular weight is 387 g/mol. The maximum absolute atomic E-state index is 5.42. The Labute approximate surface area is 169 Å². The van der Waals surface area contributed by atoms with E-state index in [9.17, 15) is 0 Å². The maximum Gasteiger partial charge on any atom is 0.227 e. The van der Waals surface area contributed by atoms with Gasteiger partial charge >= 0.3 is 0 Å². The van der Waals surface area contributed by atoms with Gasteiger partial charge in [-0.25, -0.2) is 9.97 Å². The smallest absolute Gasteiger partial charge is 0.227 e. The topological polar surface area (TPSA) is 65.5 Å². The number of nitrogens with zero attached hydrogens (tertiary/aromatic N) is 2. The molecule has 3 aromatic carbocycles. The van der Waals surface area contributed by atoms with Crippen LogP contribution in [-0.4, -0.2) is 31.3 Å². The number of benzene rings is 3. The van der Waals surface area contributed by atoms with Crippen molar-refractivity contribution in [2.45, 2.75) is 0 Å². The van der Waals surface area contributed by atoms with Crippen molar-refractivity contribution >= 4 is 22.5 Å². The first-order chi connectivity index (χ1) is 14.2. The van der Waals surface area contributed by atoms with Crippen LogP contribution in [0.1, 0.15) is 0 Å². The number of para-hydroxylation sites is 1. The molecule has 0 amide bonds. The molecule has 4 rings (SSSR count).